The number of imidazole rings is 1. The molecule has 0 unspecified atom stereocenters. The Morgan fingerprint density at radius 2 is 2.05 bits per heavy atom. The van der Waals surface area contributed by atoms with Gasteiger partial charge in [-0.3, -0.25) is 0 Å². The largest absolute Gasteiger partial charge is 0.377 e. The van der Waals surface area contributed by atoms with Gasteiger partial charge in [0, 0.05) is 26.5 Å². The Hall–Kier alpha value is -1.86. The second-order valence-electron chi connectivity index (χ2n) is 4.17. The highest BCUT2D eigenvalue weighted by Gasteiger charge is 2.20. The minimum Gasteiger partial charge on any atom is -0.377 e. The van der Waals surface area contributed by atoms with Crippen LogP contribution in [0.5, 0.6) is 0 Å². The molecule has 2 rings (SSSR count). The van der Waals surface area contributed by atoms with E-state index in [4.69, 9.17) is 0 Å². The number of nitrogens with zero attached hydrogens (tertiary/aromatic N) is 2. The Labute approximate surface area is 112 Å². The van der Waals surface area contributed by atoms with Crippen LogP contribution in [0.25, 0.3) is 0 Å². The fraction of sp³-hybridized carbons (Fsp3) is 0.250. The lowest BCUT2D eigenvalue weighted by atomic mass is 10.3. The molecule has 0 spiro atoms. The van der Waals surface area contributed by atoms with E-state index in [1.807, 2.05) is 0 Å². The molecule has 0 atom stereocenters. The van der Waals surface area contributed by atoms with Crippen LogP contribution in [0.2, 0.25) is 0 Å². The third-order valence-corrected chi connectivity index (χ3v) is 4.52. The van der Waals surface area contributed by atoms with Crippen LogP contribution in [0.1, 0.15) is 5.82 Å². The number of nitrogens with one attached hydrogen (secondary N) is 2. The topological polar surface area (TPSA) is 78.1 Å². The van der Waals surface area contributed by atoms with Gasteiger partial charge in [0.05, 0.1) is 12.2 Å². The summed E-state index contributed by atoms with van der Waals surface area (Å²) >= 11 is 0. The van der Waals surface area contributed by atoms with Gasteiger partial charge in [0.2, 0.25) is 10.0 Å². The van der Waals surface area contributed by atoms with Crippen LogP contribution >= 0.6 is 0 Å². The van der Waals surface area contributed by atoms with Crippen LogP contribution in [0, 0.1) is 0 Å². The van der Waals surface area contributed by atoms with Crippen LogP contribution in [0.4, 0.5) is 5.69 Å². The van der Waals surface area contributed by atoms with Crippen molar-refractivity contribution in [2.24, 2.45) is 0 Å². The molecular formula is C12H16N4O2S. The van der Waals surface area contributed by atoms with Gasteiger partial charge in [-0.15, -0.1) is 0 Å². The highest BCUT2D eigenvalue weighted by atomic mass is 32.2. The number of para-hydroxylation sites is 1. The minimum absolute atomic E-state index is 0.256. The van der Waals surface area contributed by atoms with Crippen LogP contribution in [-0.4, -0.2) is 36.8 Å². The van der Waals surface area contributed by atoms with Crippen molar-refractivity contribution in [3.05, 3.63) is 42.5 Å². The molecular weight excluding hydrogens is 264 g/mol. The van der Waals surface area contributed by atoms with Gasteiger partial charge in [-0.2, -0.15) is 0 Å². The van der Waals surface area contributed by atoms with Crippen LogP contribution in [0.3, 0.4) is 0 Å². The van der Waals surface area contributed by atoms with Gasteiger partial charge < -0.3 is 10.3 Å². The second kappa shape index (κ2) is 5.41. The molecule has 102 valence electrons. The Bertz CT molecular complexity index is 636. The zero-order chi connectivity index (χ0) is 13.9. The second-order valence-corrected chi connectivity index (χ2v) is 6.29. The molecule has 0 saturated carbocycles. The van der Waals surface area contributed by atoms with Gasteiger partial charge in [-0.05, 0) is 12.1 Å². The molecule has 2 aromatic rings. The molecule has 0 radical (unpaired) electrons. The zero-order valence-corrected chi connectivity index (χ0v) is 11.6. The molecule has 7 heteroatoms. The van der Waals surface area contributed by atoms with E-state index in [0.29, 0.717) is 12.2 Å². The predicted octanol–water partition coefficient (Wildman–Crippen LogP) is 1.27. The first-order valence-corrected chi connectivity index (χ1v) is 7.19. The summed E-state index contributed by atoms with van der Waals surface area (Å²) < 4.78 is 25.5. The maximum absolute atomic E-state index is 12.2. The van der Waals surface area contributed by atoms with Gasteiger partial charge in [0.25, 0.3) is 0 Å². The predicted molar refractivity (Wildman–Crippen MR) is 73.2 cm³/mol. The summed E-state index contributed by atoms with van der Waals surface area (Å²) in [6.07, 6.45) is 3.37. The normalized spacial score (nSPS) is 11.7. The number of benzene rings is 1. The number of anilines is 1. The molecule has 0 aliphatic heterocycles. The zero-order valence-electron chi connectivity index (χ0n) is 10.8. The molecule has 1 aromatic heterocycles. The Morgan fingerprint density at radius 3 is 2.68 bits per heavy atom. The van der Waals surface area contributed by atoms with Crippen molar-refractivity contribution in [3.63, 3.8) is 0 Å². The minimum atomic E-state index is -3.46. The molecule has 6 nitrogen and oxygen atoms in total. The molecule has 0 bridgehead atoms. The van der Waals surface area contributed by atoms with E-state index in [-0.39, 0.29) is 4.90 Å². The molecule has 0 aliphatic carbocycles. The van der Waals surface area contributed by atoms with E-state index in [0.717, 1.165) is 5.82 Å². The van der Waals surface area contributed by atoms with Crippen molar-refractivity contribution in [1.82, 2.24) is 14.3 Å². The first kappa shape index (κ1) is 13.6. The monoisotopic (exact) mass is 280 g/mol. The molecule has 0 saturated heterocycles. The summed E-state index contributed by atoms with van der Waals surface area (Å²) in [7, 11) is -0.433. The number of H-pyrrole nitrogens is 1. The summed E-state index contributed by atoms with van der Waals surface area (Å²) in [5.74, 6) is 0.747. The highest BCUT2D eigenvalue weighted by Crippen LogP contribution is 2.23. The summed E-state index contributed by atoms with van der Waals surface area (Å²) in [6.45, 7) is 0.437. The third kappa shape index (κ3) is 2.94. The molecule has 1 heterocycles. The van der Waals surface area contributed by atoms with E-state index in [2.05, 4.69) is 15.3 Å². The molecule has 2 N–H and O–H groups in total. The first-order chi connectivity index (χ1) is 9.01. The Balaban J connectivity index is 2.27. The lowest BCUT2D eigenvalue weighted by Crippen LogP contribution is -2.23. The van der Waals surface area contributed by atoms with Crippen LogP contribution in [-0.2, 0) is 16.6 Å². The average molecular weight is 280 g/mol. The van der Waals surface area contributed by atoms with Crippen molar-refractivity contribution in [3.8, 4) is 0 Å². The SMILES string of the molecule is CN(C)S(=O)(=O)c1ccccc1NCc1ncc[nH]1. The summed E-state index contributed by atoms with van der Waals surface area (Å²) in [4.78, 5) is 7.29. The first-order valence-electron chi connectivity index (χ1n) is 5.75. The van der Waals surface area contributed by atoms with Gasteiger partial charge in [-0.1, -0.05) is 12.1 Å². The van der Waals surface area contributed by atoms with Crippen LogP contribution in [0.15, 0.2) is 41.6 Å². The van der Waals surface area contributed by atoms with Crippen molar-refractivity contribution < 1.29 is 8.42 Å². The number of rotatable bonds is 5. The van der Waals surface area contributed by atoms with E-state index in [1.165, 1.54) is 18.4 Å². The Morgan fingerprint density at radius 1 is 1.32 bits per heavy atom. The van der Waals surface area contributed by atoms with E-state index < -0.39 is 10.0 Å². The highest BCUT2D eigenvalue weighted by molar-refractivity contribution is 7.89. The van der Waals surface area contributed by atoms with Gasteiger partial charge in [0.15, 0.2) is 0 Å². The van der Waals surface area contributed by atoms with Crippen molar-refractivity contribution in [1.29, 1.82) is 0 Å². The summed E-state index contributed by atoms with van der Waals surface area (Å²) in [6, 6.07) is 6.81. The smallest absolute Gasteiger partial charge is 0.244 e. The number of hydrogen-bond acceptors (Lipinski definition) is 4. The van der Waals surface area contributed by atoms with Crippen molar-refractivity contribution >= 4 is 15.7 Å². The van der Waals surface area contributed by atoms with Gasteiger partial charge in [-0.25, -0.2) is 17.7 Å². The Kier molecular flexibility index (Phi) is 3.87. The van der Waals surface area contributed by atoms with E-state index >= 15 is 0 Å². The van der Waals surface area contributed by atoms with Crippen molar-refractivity contribution in [2.45, 2.75) is 11.4 Å². The fourth-order valence-electron chi connectivity index (χ4n) is 1.61. The maximum atomic E-state index is 12.2. The van der Waals surface area contributed by atoms with Crippen LogP contribution < -0.4 is 5.32 Å². The third-order valence-electron chi connectivity index (χ3n) is 2.65. The number of sulfonamides is 1. The number of aromatic nitrogens is 2. The lowest BCUT2D eigenvalue weighted by molar-refractivity contribution is 0.521. The van der Waals surface area contributed by atoms with Crippen molar-refractivity contribution in [2.75, 3.05) is 19.4 Å². The fourth-order valence-corrected chi connectivity index (χ4v) is 2.67. The molecule has 0 amide bonds. The van der Waals surface area contributed by atoms with Gasteiger partial charge in [0.1, 0.15) is 10.7 Å². The van der Waals surface area contributed by atoms with E-state index in [9.17, 15) is 8.42 Å². The number of aromatic amines is 1. The van der Waals surface area contributed by atoms with E-state index in [1.54, 1.807) is 36.7 Å². The molecule has 19 heavy (non-hydrogen) atoms. The van der Waals surface area contributed by atoms with Gasteiger partial charge >= 0.3 is 0 Å². The summed E-state index contributed by atoms with van der Waals surface area (Å²) in [5.41, 5.74) is 0.563. The maximum Gasteiger partial charge on any atom is 0.244 e. The quantitative estimate of drug-likeness (QED) is 0.864. The molecule has 0 fully saturated rings. The number of hydrogen-bond donors (Lipinski definition) is 2. The standard InChI is InChI=1S/C12H16N4O2S/c1-16(2)19(17,18)11-6-4-3-5-10(11)15-9-12-13-7-8-14-12/h3-8,15H,9H2,1-2H3,(H,13,14). The average Bonchev–Trinajstić information content (AvgIpc) is 2.89. The summed E-state index contributed by atoms with van der Waals surface area (Å²) in [5, 5.41) is 3.08. The lowest BCUT2D eigenvalue weighted by Gasteiger charge is -2.15. The molecule has 0 aliphatic rings. The molecule has 1 aromatic carbocycles.